The highest BCUT2D eigenvalue weighted by Gasteiger charge is 2.11. The second kappa shape index (κ2) is 7.48. The van der Waals surface area contributed by atoms with E-state index in [1.807, 2.05) is 43.3 Å². The summed E-state index contributed by atoms with van der Waals surface area (Å²) >= 11 is 0. The Hall–Kier alpha value is -3.35. The van der Waals surface area contributed by atoms with E-state index in [1.165, 1.54) is 0 Å². The van der Waals surface area contributed by atoms with Crippen LogP contribution < -0.4 is 15.4 Å². The van der Waals surface area contributed by atoms with Gasteiger partial charge in [-0.15, -0.1) is 0 Å². The van der Waals surface area contributed by atoms with Gasteiger partial charge in [-0.25, -0.2) is 4.79 Å². The lowest BCUT2D eigenvalue weighted by atomic mass is 10.1. The predicted molar refractivity (Wildman–Crippen MR) is 93.3 cm³/mol. The Morgan fingerprint density at radius 1 is 1.20 bits per heavy atom. The molecule has 7 heteroatoms. The van der Waals surface area contributed by atoms with E-state index in [9.17, 15) is 4.79 Å². The molecule has 0 aliphatic carbocycles. The maximum atomic E-state index is 12.0. The van der Waals surface area contributed by atoms with Crippen LogP contribution in [0.15, 0.2) is 53.1 Å². The second-order valence-corrected chi connectivity index (χ2v) is 5.39. The number of hydrogen-bond acceptors (Lipinski definition) is 5. The molecule has 3 aromatic rings. The Labute approximate surface area is 145 Å². The van der Waals surface area contributed by atoms with E-state index in [-0.39, 0.29) is 12.6 Å². The minimum absolute atomic E-state index is 0.125. The molecule has 0 fully saturated rings. The molecule has 25 heavy (non-hydrogen) atoms. The minimum atomic E-state index is -0.389. The van der Waals surface area contributed by atoms with Crippen LogP contribution in [-0.2, 0) is 6.54 Å². The van der Waals surface area contributed by atoms with E-state index >= 15 is 0 Å². The number of carbonyl (C=O) groups excluding carboxylic acids is 1. The maximum Gasteiger partial charge on any atom is 0.319 e. The fourth-order valence-electron chi connectivity index (χ4n) is 2.30. The van der Waals surface area contributed by atoms with Crippen molar-refractivity contribution in [1.82, 2.24) is 15.5 Å². The number of para-hydroxylation sites is 2. The van der Waals surface area contributed by atoms with Crippen LogP contribution in [0.25, 0.3) is 11.4 Å². The lowest BCUT2D eigenvalue weighted by Crippen LogP contribution is -2.28. The lowest BCUT2D eigenvalue weighted by Gasteiger charge is -2.09. The van der Waals surface area contributed by atoms with Crippen LogP contribution >= 0.6 is 0 Å². The topological polar surface area (TPSA) is 89.3 Å². The van der Waals surface area contributed by atoms with Gasteiger partial charge in [0.05, 0.1) is 19.3 Å². The molecule has 0 bridgehead atoms. The summed E-state index contributed by atoms with van der Waals surface area (Å²) in [5.74, 6) is 1.40. The summed E-state index contributed by atoms with van der Waals surface area (Å²) in [6.07, 6.45) is 0. The Kier molecular flexibility index (Phi) is 4.94. The van der Waals surface area contributed by atoms with Crippen LogP contribution in [-0.4, -0.2) is 23.3 Å². The molecule has 0 atom stereocenters. The van der Waals surface area contributed by atoms with E-state index in [0.29, 0.717) is 23.2 Å². The smallest absolute Gasteiger partial charge is 0.319 e. The number of rotatable bonds is 5. The molecule has 2 N–H and O–H groups in total. The summed E-state index contributed by atoms with van der Waals surface area (Å²) in [4.78, 5) is 16.3. The first-order chi connectivity index (χ1) is 12.2. The van der Waals surface area contributed by atoms with Crippen molar-refractivity contribution in [2.24, 2.45) is 0 Å². The highest BCUT2D eigenvalue weighted by atomic mass is 16.5. The normalized spacial score (nSPS) is 10.3. The van der Waals surface area contributed by atoms with Crippen LogP contribution in [0.4, 0.5) is 10.5 Å². The zero-order valence-electron chi connectivity index (χ0n) is 13.9. The molecular formula is C18H18N4O3. The molecule has 0 saturated heterocycles. The van der Waals surface area contributed by atoms with Crippen LogP contribution in [0.3, 0.4) is 0 Å². The summed E-state index contributed by atoms with van der Waals surface area (Å²) in [6.45, 7) is 2.12. The van der Waals surface area contributed by atoms with Gasteiger partial charge in [-0.05, 0) is 25.1 Å². The molecule has 128 valence electrons. The number of carbonyl (C=O) groups is 1. The van der Waals surface area contributed by atoms with Crippen molar-refractivity contribution in [2.45, 2.75) is 13.5 Å². The van der Waals surface area contributed by atoms with Gasteiger partial charge in [0.25, 0.3) is 0 Å². The summed E-state index contributed by atoms with van der Waals surface area (Å²) < 4.78 is 10.4. The highest BCUT2D eigenvalue weighted by Crippen LogP contribution is 2.22. The van der Waals surface area contributed by atoms with Crippen molar-refractivity contribution in [3.8, 4) is 17.1 Å². The SMILES string of the molecule is COc1ccccc1NC(=O)NCc1nc(-c2cccc(C)c2)no1. The highest BCUT2D eigenvalue weighted by molar-refractivity contribution is 5.90. The molecule has 7 nitrogen and oxygen atoms in total. The van der Waals surface area contributed by atoms with Crippen molar-refractivity contribution in [3.63, 3.8) is 0 Å². The number of urea groups is 1. The first-order valence-corrected chi connectivity index (χ1v) is 7.73. The Balaban J connectivity index is 1.59. The van der Waals surface area contributed by atoms with Gasteiger partial charge in [-0.2, -0.15) is 4.98 Å². The lowest BCUT2D eigenvalue weighted by molar-refractivity contribution is 0.249. The Morgan fingerprint density at radius 2 is 2.04 bits per heavy atom. The fraction of sp³-hybridized carbons (Fsp3) is 0.167. The monoisotopic (exact) mass is 338 g/mol. The zero-order chi connectivity index (χ0) is 17.6. The zero-order valence-corrected chi connectivity index (χ0v) is 13.9. The molecule has 2 amide bonds. The van der Waals surface area contributed by atoms with Gasteiger partial charge in [0.15, 0.2) is 0 Å². The fourth-order valence-corrected chi connectivity index (χ4v) is 2.30. The third-order valence-corrected chi connectivity index (χ3v) is 3.50. The molecule has 0 aliphatic rings. The quantitative estimate of drug-likeness (QED) is 0.744. The van der Waals surface area contributed by atoms with E-state index in [0.717, 1.165) is 11.1 Å². The van der Waals surface area contributed by atoms with Crippen molar-refractivity contribution in [2.75, 3.05) is 12.4 Å². The number of anilines is 1. The number of benzene rings is 2. The van der Waals surface area contributed by atoms with Crippen molar-refractivity contribution < 1.29 is 14.1 Å². The molecule has 0 spiro atoms. The van der Waals surface area contributed by atoms with Gasteiger partial charge >= 0.3 is 6.03 Å². The minimum Gasteiger partial charge on any atom is -0.495 e. The van der Waals surface area contributed by atoms with E-state index in [4.69, 9.17) is 9.26 Å². The molecule has 0 saturated carbocycles. The Morgan fingerprint density at radius 3 is 2.84 bits per heavy atom. The molecule has 0 unspecified atom stereocenters. The summed E-state index contributed by atoms with van der Waals surface area (Å²) in [6, 6.07) is 14.6. The average molecular weight is 338 g/mol. The number of nitrogens with zero attached hydrogens (tertiary/aromatic N) is 2. The maximum absolute atomic E-state index is 12.0. The number of amides is 2. The van der Waals surface area contributed by atoms with E-state index in [1.54, 1.807) is 19.2 Å². The van der Waals surface area contributed by atoms with Gasteiger partial charge in [0.1, 0.15) is 5.75 Å². The summed E-state index contributed by atoms with van der Waals surface area (Å²) in [5, 5.41) is 9.32. The van der Waals surface area contributed by atoms with Crippen LogP contribution in [0.1, 0.15) is 11.5 Å². The largest absolute Gasteiger partial charge is 0.495 e. The number of hydrogen-bond donors (Lipinski definition) is 2. The third kappa shape index (κ3) is 4.14. The van der Waals surface area contributed by atoms with Gasteiger partial charge in [-0.1, -0.05) is 41.1 Å². The van der Waals surface area contributed by atoms with Crippen molar-refractivity contribution in [1.29, 1.82) is 0 Å². The van der Waals surface area contributed by atoms with Gasteiger partial charge < -0.3 is 19.9 Å². The van der Waals surface area contributed by atoms with Crippen LogP contribution in [0.5, 0.6) is 5.75 Å². The average Bonchev–Trinajstić information content (AvgIpc) is 3.09. The number of aryl methyl sites for hydroxylation is 1. The number of ether oxygens (including phenoxy) is 1. The second-order valence-electron chi connectivity index (χ2n) is 5.39. The van der Waals surface area contributed by atoms with Crippen molar-refractivity contribution >= 4 is 11.7 Å². The number of aromatic nitrogens is 2. The van der Waals surface area contributed by atoms with Gasteiger partial charge in [0.2, 0.25) is 11.7 Å². The molecule has 1 aromatic heterocycles. The third-order valence-electron chi connectivity index (χ3n) is 3.50. The molecule has 1 heterocycles. The summed E-state index contributed by atoms with van der Waals surface area (Å²) in [7, 11) is 1.55. The molecule has 0 aliphatic heterocycles. The Bertz CT molecular complexity index is 876. The van der Waals surface area contributed by atoms with Crippen LogP contribution in [0.2, 0.25) is 0 Å². The number of methoxy groups -OCH3 is 1. The van der Waals surface area contributed by atoms with E-state index < -0.39 is 0 Å². The van der Waals surface area contributed by atoms with Crippen molar-refractivity contribution in [3.05, 3.63) is 60.0 Å². The standard InChI is InChI=1S/C18H18N4O3/c1-12-6-5-7-13(10-12)17-21-16(25-22-17)11-19-18(23)20-14-8-3-4-9-15(14)24-2/h3-10H,11H2,1-2H3,(H2,19,20,23). The van der Waals surface area contributed by atoms with Gasteiger partial charge in [-0.3, -0.25) is 0 Å². The molecular weight excluding hydrogens is 320 g/mol. The molecule has 0 radical (unpaired) electrons. The predicted octanol–water partition coefficient (Wildman–Crippen LogP) is 3.38. The molecule has 3 rings (SSSR count). The van der Waals surface area contributed by atoms with E-state index in [2.05, 4.69) is 20.8 Å². The van der Waals surface area contributed by atoms with Crippen LogP contribution in [0, 0.1) is 6.92 Å². The van der Waals surface area contributed by atoms with Gasteiger partial charge in [0, 0.05) is 5.56 Å². The molecule has 2 aromatic carbocycles. The first-order valence-electron chi connectivity index (χ1n) is 7.73. The number of nitrogens with one attached hydrogen (secondary N) is 2. The summed E-state index contributed by atoms with van der Waals surface area (Å²) in [5.41, 5.74) is 2.56. The first kappa shape index (κ1) is 16.5.